The largest absolute Gasteiger partial charge is 0.322 e. The van der Waals surface area contributed by atoms with Crippen LogP contribution >= 0.6 is 11.3 Å². The summed E-state index contributed by atoms with van der Waals surface area (Å²) in [4.78, 5) is 27.9. The SMILES string of the molecule is CC(=O)c1ccc(NC(=O)c2cccc(-c3nccs3)c2)cc1. The first kappa shape index (κ1) is 15.1. The van der Waals surface area contributed by atoms with Crippen LogP contribution in [0.1, 0.15) is 27.6 Å². The Bertz CT molecular complexity index is 840. The van der Waals surface area contributed by atoms with Crippen molar-refractivity contribution < 1.29 is 9.59 Å². The Morgan fingerprint density at radius 1 is 1.04 bits per heavy atom. The molecule has 1 N–H and O–H groups in total. The maximum absolute atomic E-state index is 12.4. The number of rotatable bonds is 4. The van der Waals surface area contributed by atoms with Crippen LogP contribution in [0.15, 0.2) is 60.1 Å². The third kappa shape index (κ3) is 3.52. The number of nitrogens with one attached hydrogen (secondary N) is 1. The monoisotopic (exact) mass is 322 g/mol. The molecule has 114 valence electrons. The summed E-state index contributed by atoms with van der Waals surface area (Å²) in [6.07, 6.45) is 1.74. The van der Waals surface area contributed by atoms with Crippen LogP contribution in [0.3, 0.4) is 0 Å². The second-order valence-electron chi connectivity index (χ2n) is 5.01. The maximum Gasteiger partial charge on any atom is 0.255 e. The molecule has 0 unspecified atom stereocenters. The number of amides is 1. The predicted octanol–water partition coefficient (Wildman–Crippen LogP) is 4.27. The van der Waals surface area contributed by atoms with Crippen molar-refractivity contribution in [3.63, 3.8) is 0 Å². The van der Waals surface area contributed by atoms with Crippen molar-refractivity contribution in [1.29, 1.82) is 0 Å². The molecule has 3 aromatic rings. The van der Waals surface area contributed by atoms with Gasteiger partial charge in [0.15, 0.2) is 5.78 Å². The van der Waals surface area contributed by atoms with Gasteiger partial charge in [0, 0.05) is 34.0 Å². The summed E-state index contributed by atoms with van der Waals surface area (Å²) in [6.45, 7) is 1.51. The van der Waals surface area contributed by atoms with Gasteiger partial charge < -0.3 is 5.32 Å². The van der Waals surface area contributed by atoms with E-state index < -0.39 is 0 Å². The highest BCUT2D eigenvalue weighted by Crippen LogP contribution is 2.23. The molecule has 0 saturated heterocycles. The van der Waals surface area contributed by atoms with E-state index in [2.05, 4.69) is 10.3 Å². The van der Waals surface area contributed by atoms with Crippen molar-refractivity contribution in [2.75, 3.05) is 5.32 Å². The molecule has 2 aromatic carbocycles. The number of ketones is 1. The van der Waals surface area contributed by atoms with E-state index in [0.29, 0.717) is 16.8 Å². The van der Waals surface area contributed by atoms with Crippen molar-refractivity contribution in [1.82, 2.24) is 4.98 Å². The summed E-state index contributed by atoms with van der Waals surface area (Å²) < 4.78 is 0. The van der Waals surface area contributed by atoms with Crippen LogP contribution in [0.5, 0.6) is 0 Å². The van der Waals surface area contributed by atoms with Gasteiger partial charge in [0.2, 0.25) is 0 Å². The zero-order chi connectivity index (χ0) is 16.2. The second kappa shape index (κ2) is 6.54. The van der Waals surface area contributed by atoms with Gasteiger partial charge in [-0.2, -0.15) is 0 Å². The average Bonchev–Trinajstić information content (AvgIpc) is 3.10. The maximum atomic E-state index is 12.4. The molecule has 0 aliphatic carbocycles. The summed E-state index contributed by atoms with van der Waals surface area (Å²) in [5.41, 5.74) is 2.75. The van der Waals surface area contributed by atoms with Crippen molar-refractivity contribution in [2.24, 2.45) is 0 Å². The molecule has 0 saturated carbocycles. The summed E-state index contributed by atoms with van der Waals surface area (Å²) in [6, 6.07) is 14.2. The number of benzene rings is 2. The van der Waals surface area contributed by atoms with Gasteiger partial charge in [0.25, 0.3) is 5.91 Å². The predicted molar refractivity (Wildman–Crippen MR) is 91.9 cm³/mol. The summed E-state index contributed by atoms with van der Waals surface area (Å²) in [5, 5.41) is 5.61. The zero-order valence-corrected chi connectivity index (χ0v) is 13.3. The van der Waals surface area contributed by atoms with E-state index in [-0.39, 0.29) is 11.7 Å². The Labute approximate surface area is 137 Å². The number of carbonyl (C=O) groups is 2. The first-order valence-electron chi connectivity index (χ1n) is 7.06. The lowest BCUT2D eigenvalue weighted by Crippen LogP contribution is -2.12. The molecule has 1 aromatic heterocycles. The third-order valence-corrected chi connectivity index (χ3v) is 4.18. The van der Waals surface area contributed by atoms with Gasteiger partial charge in [-0.3, -0.25) is 9.59 Å². The van der Waals surface area contributed by atoms with E-state index in [1.807, 2.05) is 23.6 Å². The number of nitrogens with zero attached hydrogens (tertiary/aromatic N) is 1. The van der Waals surface area contributed by atoms with E-state index in [1.54, 1.807) is 36.5 Å². The molecule has 0 atom stereocenters. The fourth-order valence-electron chi connectivity index (χ4n) is 2.15. The van der Waals surface area contributed by atoms with E-state index in [9.17, 15) is 9.59 Å². The fraction of sp³-hybridized carbons (Fsp3) is 0.0556. The fourth-order valence-corrected chi connectivity index (χ4v) is 2.79. The molecule has 0 bridgehead atoms. The van der Waals surface area contributed by atoms with Crippen molar-refractivity contribution >= 4 is 28.7 Å². The molecule has 23 heavy (non-hydrogen) atoms. The Balaban J connectivity index is 1.78. The lowest BCUT2D eigenvalue weighted by Gasteiger charge is -2.07. The zero-order valence-electron chi connectivity index (χ0n) is 12.4. The number of thiazole rings is 1. The summed E-state index contributed by atoms with van der Waals surface area (Å²) in [5.74, 6) is -0.196. The minimum Gasteiger partial charge on any atom is -0.322 e. The lowest BCUT2D eigenvalue weighted by molar-refractivity contribution is 0.101. The molecule has 4 nitrogen and oxygen atoms in total. The number of hydrogen-bond donors (Lipinski definition) is 1. The molecule has 5 heteroatoms. The van der Waals surface area contributed by atoms with Gasteiger partial charge in [0.1, 0.15) is 5.01 Å². The van der Waals surface area contributed by atoms with Crippen LogP contribution in [0.25, 0.3) is 10.6 Å². The van der Waals surface area contributed by atoms with E-state index in [0.717, 1.165) is 10.6 Å². The van der Waals surface area contributed by atoms with Crippen molar-refractivity contribution in [3.05, 3.63) is 71.2 Å². The van der Waals surface area contributed by atoms with E-state index in [1.165, 1.54) is 18.3 Å². The number of hydrogen-bond acceptors (Lipinski definition) is 4. The van der Waals surface area contributed by atoms with Crippen molar-refractivity contribution in [3.8, 4) is 10.6 Å². The molecular formula is C18H14N2O2S. The second-order valence-corrected chi connectivity index (χ2v) is 5.90. The smallest absolute Gasteiger partial charge is 0.255 e. The molecule has 0 radical (unpaired) electrons. The van der Waals surface area contributed by atoms with Crippen LogP contribution in [-0.4, -0.2) is 16.7 Å². The number of carbonyl (C=O) groups excluding carboxylic acids is 2. The highest BCUT2D eigenvalue weighted by molar-refractivity contribution is 7.13. The van der Waals surface area contributed by atoms with Crippen LogP contribution in [0, 0.1) is 0 Å². The molecule has 0 aliphatic heterocycles. The summed E-state index contributed by atoms with van der Waals surface area (Å²) in [7, 11) is 0. The van der Waals surface area contributed by atoms with Crippen LogP contribution < -0.4 is 5.32 Å². The molecule has 1 amide bonds. The van der Waals surface area contributed by atoms with Gasteiger partial charge in [-0.15, -0.1) is 11.3 Å². The van der Waals surface area contributed by atoms with Crippen LogP contribution in [0.2, 0.25) is 0 Å². The Kier molecular flexibility index (Phi) is 4.30. The number of anilines is 1. The topological polar surface area (TPSA) is 59.1 Å². The first-order valence-corrected chi connectivity index (χ1v) is 7.94. The highest BCUT2D eigenvalue weighted by Gasteiger charge is 2.09. The molecular weight excluding hydrogens is 308 g/mol. The van der Waals surface area contributed by atoms with E-state index >= 15 is 0 Å². The molecule has 0 fully saturated rings. The van der Waals surface area contributed by atoms with E-state index in [4.69, 9.17) is 0 Å². The average molecular weight is 322 g/mol. The highest BCUT2D eigenvalue weighted by atomic mass is 32.1. The minimum atomic E-state index is -0.195. The van der Waals surface area contributed by atoms with Crippen molar-refractivity contribution in [2.45, 2.75) is 6.92 Å². The minimum absolute atomic E-state index is 0.000902. The van der Waals surface area contributed by atoms with Gasteiger partial charge in [-0.05, 0) is 43.3 Å². The van der Waals surface area contributed by atoms with Gasteiger partial charge >= 0.3 is 0 Å². The van der Waals surface area contributed by atoms with Gasteiger partial charge in [-0.1, -0.05) is 12.1 Å². The summed E-state index contributed by atoms with van der Waals surface area (Å²) >= 11 is 1.53. The Morgan fingerprint density at radius 2 is 1.83 bits per heavy atom. The first-order chi connectivity index (χ1) is 11.1. The molecule has 0 aliphatic rings. The normalized spacial score (nSPS) is 10.3. The Hall–Kier alpha value is -2.79. The molecule has 3 rings (SSSR count). The lowest BCUT2D eigenvalue weighted by atomic mass is 10.1. The number of aromatic nitrogens is 1. The molecule has 0 spiro atoms. The van der Waals surface area contributed by atoms with Crippen LogP contribution in [-0.2, 0) is 0 Å². The third-order valence-electron chi connectivity index (χ3n) is 3.35. The quantitative estimate of drug-likeness (QED) is 0.730. The standard InChI is InChI=1S/C18H14N2O2S/c1-12(21)13-5-7-16(8-6-13)20-17(22)14-3-2-4-15(11-14)18-19-9-10-23-18/h2-11H,1H3,(H,20,22). The van der Waals surface area contributed by atoms with Crippen LogP contribution in [0.4, 0.5) is 5.69 Å². The molecule has 1 heterocycles. The van der Waals surface area contributed by atoms with Gasteiger partial charge in [-0.25, -0.2) is 4.98 Å². The van der Waals surface area contributed by atoms with Gasteiger partial charge in [0.05, 0.1) is 0 Å². The Morgan fingerprint density at radius 3 is 2.48 bits per heavy atom. The number of Topliss-reactive ketones (excluding diaryl/α,β-unsaturated/α-hetero) is 1.